The molecule has 0 aromatic carbocycles. The van der Waals surface area contributed by atoms with Crippen LogP contribution in [-0.2, 0) is 4.74 Å². The highest BCUT2D eigenvalue weighted by Crippen LogP contribution is 1.66. The normalized spacial score (nSPS) is 6.91. The first-order chi connectivity index (χ1) is 5.41. The summed E-state index contributed by atoms with van der Waals surface area (Å²) < 4.78 is 4.36. The molecule has 0 radical (unpaired) electrons. The Hall–Kier alpha value is -1.64. The highest BCUT2D eigenvalue weighted by atomic mass is 16.5. The van der Waals surface area contributed by atoms with E-state index in [1.54, 1.807) is 18.5 Å². The monoisotopic (exact) mass is 150 g/mol. The molecule has 3 nitrogen and oxygen atoms in total. The maximum Gasteiger partial charge on any atom is 0.115 e. The summed E-state index contributed by atoms with van der Waals surface area (Å²) in [5.74, 6) is 0. The van der Waals surface area contributed by atoms with Crippen molar-refractivity contribution < 1.29 is 4.74 Å². The van der Waals surface area contributed by atoms with E-state index in [0.29, 0.717) is 0 Å². The van der Waals surface area contributed by atoms with E-state index in [0.717, 1.165) is 0 Å². The van der Waals surface area contributed by atoms with Crippen LogP contribution in [0.2, 0.25) is 0 Å². The summed E-state index contributed by atoms with van der Waals surface area (Å²) in [4.78, 5) is 7.35. The van der Waals surface area contributed by atoms with Crippen molar-refractivity contribution in [3.8, 4) is 0 Å². The van der Waals surface area contributed by atoms with Gasteiger partial charge in [-0.25, -0.2) is 9.97 Å². The first-order valence-corrected chi connectivity index (χ1v) is 2.99. The van der Waals surface area contributed by atoms with E-state index in [2.05, 4.69) is 27.9 Å². The van der Waals surface area contributed by atoms with Crippen LogP contribution in [0.15, 0.2) is 50.5 Å². The molecule has 1 heterocycles. The Labute approximate surface area is 66.1 Å². The van der Waals surface area contributed by atoms with Gasteiger partial charge in [-0.05, 0) is 6.07 Å². The summed E-state index contributed by atoms with van der Waals surface area (Å²) in [5.41, 5.74) is 0. The molecule has 0 N–H and O–H groups in total. The molecule has 0 atom stereocenters. The number of rotatable bonds is 2. The van der Waals surface area contributed by atoms with Crippen LogP contribution in [0.1, 0.15) is 0 Å². The summed E-state index contributed by atoms with van der Waals surface area (Å²) in [6.45, 7) is 6.51. The number of ether oxygens (including phenoxy) is 1. The average molecular weight is 150 g/mol. The van der Waals surface area contributed by atoms with Crippen LogP contribution in [0, 0.1) is 0 Å². The molecule has 0 amide bonds. The molecule has 0 aliphatic heterocycles. The lowest BCUT2D eigenvalue weighted by Crippen LogP contribution is -1.66. The molecule has 0 aliphatic carbocycles. The zero-order valence-corrected chi connectivity index (χ0v) is 6.18. The van der Waals surface area contributed by atoms with E-state index in [-0.39, 0.29) is 0 Å². The third-order valence-electron chi connectivity index (χ3n) is 0.670. The molecular formula is C8H10N2O. The van der Waals surface area contributed by atoms with Crippen LogP contribution in [0.4, 0.5) is 0 Å². The molecule has 0 unspecified atom stereocenters. The van der Waals surface area contributed by atoms with Gasteiger partial charge in [0.15, 0.2) is 0 Å². The fraction of sp³-hybridized carbons (Fsp3) is 0. The van der Waals surface area contributed by atoms with Crippen LogP contribution in [0.25, 0.3) is 0 Å². The second kappa shape index (κ2) is 8.36. The Kier molecular flexibility index (Phi) is 7.11. The first kappa shape index (κ1) is 9.36. The van der Waals surface area contributed by atoms with Crippen molar-refractivity contribution in [3.05, 3.63) is 50.5 Å². The molecule has 1 rings (SSSR count). The van der Waals surface area contributed by atoms with Crippen LogP contribution < -0.4 is 0 Å². The van der Waals surface area contributed by atoms with Crippen molar-refractivity contribution in [2.45, 2.75) is 0 Å². The maximum absolute atomic E-state index is 4.36. The van der Waals surface area contributed by atoms with Crippen LogP contribution >= 0.6 is 0 Å². The Morgan fingerprint density at radius 3 is 1.73 bits per heavy atom. The van der Waals surface area contributed by atoms with E-state index in [4.69, 9.17) is 0 Å². The molecule has 0 bridgehead atoms. The topological polar surface area (TPSA) is 35.0 Å². The predicted molar refractivity (Wildman–Crippen MR) is 43.5 cm³/mol. The summed E-state index contributed by atoms with van der Waals surface area (Å²) in [7, 11) is 0. The zero-order chi connectivity index (χ0) is 8.36. The number of aromatic nitrogens is 2. The molecule has 0 saturated heterocycles. The minimum Gasteiger partial charge on any atom is -0.474 e. The van der Waals surface area contributed by atoms with Gasteiger partial charge in [0.25, 0.3) is 0 Å². The van der Waals surface area contributed by atoms with Crippen molar-refractivity contribution in [1.29, 1.82) is 0 Å². The lowest BCUT2D eigenvalue weighted by molar-refractivity contribution is 0.406. The van der Waals surface area contributed by atoms with Crippen LogP contribution in [0.3, 0.4) is 0 Å². The van der Waals surface area contributed by atoms with Gasteiger partial charge in [-0.1, -0.05) is 13.2 Å². The van der Waals surface area contributed by atoms with Crippen molar-refractivity contribution >= 4 is 0 Å². The van der Waals surface area contributed by atoms with Crippen LogP contribution in [0.5, 0.6) is 0 Å². The van der Waals surface area contributed by atoms with Gasteiger partial charge in [0.1, 0.15) is 6.33 Å². The summed E-state index contributed by atoms with van der Waals surface area (Å²) in [6.07, 6.45) is 7.50. The smallest absolute Gasteiger partial charge is 0.115 e. The van der Waals surface area contributed by atoms with Crippen LogP contribution in [-0.4, -0.2) is 9.97 Å². The number of hydrogen-bond acceptors (Lipinski definition) is 3. The number of hydrogen-bond donors (Lipinski definition) is 0. The SMILES string of the molecule is C=COC=C.c1cncnc1. The van der Waals surface area contributed by atoms with Gasteiger partial charge in [-0.2, -0.15) is 0 Å². The molecule has 1 aromatic heterocycles. The van der Waals surface area contributed by atoms with E-state index in [1.807, 2.05) is 0 Å². The maximum atomic E-state index is 4.36. The van der Waals surface area contributed by atoms with Crippen molar-refractivity contribution in [2.24, 2.45) is 0 Å². The number of nitrogens with zero attached hydrogens (tertiary/aromatic N) is 2. The van der Waals surface area contributed by atoms with Gasteiger partial charge >= 0.3 is 0 Å². The van der Waals surface area contributed by atoms with Gasteiger partial charge in [-0.15, -0.1) is 0 Å². The lowest BCUT2D eigenvalue weighted by Gasteiger charge is -1.76. The summed E-state index contributed by atoms with van der Waals surface area (Å²) in [5, 5.41) is 0. The fourth-order valence-electron chi connectivity index (χ4n) is 0.321. The first-order valence-electron chi connectivity index (χ1n) is 2.99. The summed E-state index contributed by atoms with van der Waals surface area (Å²) in [6, 6.07) is 1.78. The zero-order valence-electron chi connectivity index (χ0n) is 6.18. The Balaban J connectivity index is 0.000000187. The third-order valence-corrected chi connectivity index (χ3v) is 0.670. The van der Waals surface area contributed by atoms with Crippen molar-refractivity contribution in [3.63, 3.8) is 0 Å². The van der Waals surface area contributed by atoms with E-state index >= 15 is 0 Å². The Morgan fingerprint density at radius 1 is 1.09 bits per heavy atom. The summed E-state index contributed by atoms with van der Waals surface area (Å²) >= 11 is 0. The average Bonchev–Trinajstić information content (AvgIpc) is 2.10. The highest BCUT2D eigenvalue weighted by Gasteiger charge is 1.59. The second-order valence-electron chi connectivity index (χ2n) is 1.37. The van der Waals surface area contributed by atoms with Gasteiger partial charge in [0, 0.05) is 12.4 Å². The lowest BCUT2D eigenvalue weighted by atomic mass is 10.7. The molecule has 11 heavy (non-hydrogen) atoms. The van der Waals surface area contributed by atoms with E-state index in [1.165, 1.54) is 18.9 Å². The molecule has 0 aliphatic rings. The van der Waals surface area contributed by atoms with Gasteiger partial charge < -0.3 is 4.74 Å². The highest BCUT2D eigenvalue weighted by molar-refractivity contribution is 4.74. The van der Waals surface area contributed by atoms with Gasteiger partial charge in [0.05, 0.1) is 12.5 Å². The largest absolute Gasteiger partial charge is 0.474 e. The molecule has 1 aromatic rings. The minimum absolute atomic E-state index is 1.31. The van der Waals surface area contributed by atoms with Crippen molar-refractivity contribution in [1.82, 2.24) is 9.97 Å². The quantitative estimate of drug-likeness (QED) is 0.602. The Bertz CT molecular complexity index is 154. The van der Waals surface area contributed by atoms with Gasteiger partial charge in [0.2, 0.25) is 0 Å². The molecule has 0 saturated carbocycles. The molecule has 0 spiro atoms. The third kappa shape index (κ3) is 8.36. The molecule has 58 valence electrons. The molecular weight excluding hydrogens is 140 g/mol. The van der Waals surface area contributed by atoms with E-state index in [9.17, 15) is 0 Å². The van der Waals surface area contributed by atoms with Gasteiger partial charge in [-0.3, -0.25) is 0 Å². The molecule has 0 fully saturated rings. The van der Waals surface area contributed by atoms with Crippen molar-refractivity contribution in [2.75, 3.05) is 0 Å². The predicted octanol–water partition coefficient (Wildman–Crippen LogP) is 1.77. The van der Waals surface area contributed by atoms with E-state index < -0.39 is 0 Å². The second-order valence-corrected chi connectivity index (χ2v) is 1.37. The Morgan fingerprint density at radius 2 is 1.64 bits per heavy atom. The minimum atomic E-state index is 1.31. The standard InChI is InChI=1S/C4H4N2.C4H6O/c1-2-5-4-6-3-1;1-3-5-4-2/h1-4H;3-4H,1-2H2. The molecule has 3 heteroatoms. The fourth-order valence-corrected chi connectivity index (χ4v) is 0.321.